The first-order valence-electron chi connectivity index (χ1n) is 19.1. The van der Waals surface area contributed by atoms with Crippen molar-refractivity contribution in [1.82, 2.24) is 0 Å². The molecular formula is C48H49N. The Morgan fingerprint density at radius 2 is 1.06 bits per heavy atom. The number of anilines is 3. The molecule has 4 saturated carbocycles. The van der Waals surface area contributed by atoms with Crippen molar-refractivity contribution in [2.45, 2.75) is 88.9 Å². The predicted molar refractivity (Wildman–Crippen MR) is 205 cm³/mol. The number of rotatable bonds is 4. The van der Waals surface area contributed by atoms with Gasteiger partial charge in [0.25, 0.3) is 0 Å². The minimum absolute atomic E-state index is 0.155. The van der Waals surface area contributed by atoms with Gasteiger partial charge in [0.15, 0.2) is 0 Å². The number of nitrogens with zero attached hydrogens (tertiary/aromatic N) is 1. The third-order valence-electron chi connectivity index (χ3n) is 14.1. The van der Waals surface area contributed by atoms with E-state index in [0.29, 0.717) is 0 Å². The van der Waals surface area contributed by atoms with Gasteiger partial charge in [-0.15, -0.1) is 0 Å². The van der Waals surface area contributed by atoms with Gasteiger partial charge in [-0.1, -0.05) is 113 Å². The van der Waals surface area contributed by atoms with Crippen LogP contribution in [0.25, 0.3) is 22.3 Å². The number of hydrogen-bond donors (Lipinski definition) is 0. The molecule has 5 aromatic rings. The van der Waals surface area contributed by atoms with Crippen LogP contribution < -0.4 is 4.90 Å². The Balaban J connectivity index is 1.14. The first kappa shape index (κ1) is 29.8. The van der Waals surface area contributed by atoms with Crippen LogP contribution in [-0.2, 0) is 16.2 Å². The number of para-hydroxylation sites is 1. The molecule has 0 amide bonds. The molecule has 0 aromatic heterocycles. The molecule has 4 bridgehead atoms. The topological polar surface area (TPSA) is 3.24 Å². The summed E-state index contributed by atoms with van der Waals surface area (Å²) in [7, 11) is 0. The van der Waals surface area contributed by atoms with Crippen LogP contribution in [0.5, 0.6) is 0 Å². The smallest absolute Gasteiger partial charge is 0.0543 e. The molecule has 246 valence electrons. The van der Waals surface area contributed by atoms with Gasteiger partial charge in [0.1, 0.15) is 0 Å². The van der Waals surface area contributed by atoms with E-state index in [4.69, 9.17) is 0 Å². The third-order valence-corrected chi connectivity index (χ3v) is 14.1. The first-order chi connectivity index (χ1) is 23.8. The first-order valence-corrected chi connectivity index (χ1v) is 19.1. The largest absolute Gasteiger partial charge is 0.310 e. The molecule has 49 heavy (non-hydrogen) atoms. The maximum atomic E-state index is 2.54. The van der Waals surface area contributed by atoms with Crippen LogP contribution in [-0.4, -0.2) is 0 Å². The van der Waals surface area contributed by atoms with Crippen molar-refractivity contribution in [2.75, 3.05) is 4.90 Å². The molecular weight excluding hydrogens is 591 g/mol. The molecule has 1 nitrogen and oxygen atoms in total. The quantitative estimate of drug-likeness (QED) is 0.189. The molecule has 0 unspecified atom stereocenters. The van der Waals surface area contributed by atoms with E-state index in [1.165, 1.54) is 95.4 Å². The van der Waals surface area contributed by atoms with Gasteiger partial charge in [-0.25, -0.2) is 0 Å². The highest BCUT2D eigenvalue weighted by Crippen LogP contribution is 2.70. The summed E-state index contributed by atoms with van der Waals surface area (Å²) < 4.78 is 0. The molecule has 5 aromatic carbocycles. The van der Waals surface area contributed by atoms with Gasteiger partial charge in [0, 0.05) is 22.4 Å². The zero-order valence-electron chi connectivity index (χ0n) is 29.7. The Hall–Kier alpha value is -4.10. The molecule has 0 N–H and O–H groups in total. The van der Waals surface area contributed by atoms with Crippen LogP contribution in [0.4, 0.5) is 17.1 Å². The molecule has 0 heterocycles. The molecule has 6 aliphatic carbocycles. The summed E-state index contributed by atoms with van der Waals surface area (Å²) in [6.45, 7) is 9.74. The fraction of sp³-hybridized carbons (Fsp3) is 0.375. The maximum Gasteiger partial charge on any atom is 0.0543 e. The Morgan fingerprint density at radius 1 is 0.490 bits per heavy atom. The second kappa shape index (κ2) is 10.5. The molecule has 1 spiro atoms. The van der Waals surface area contributed by atoms with Gasteiger partial charge in [-0.05, 0) is 149 Å². The van der Waals surface area contributed by atoms with Gasteiger partial charge in [0.05, 0.1) is 5.69 Å². The van der Waals surface area contributed by atoms with E-state index in [0.717, 1.165) is 23.7 Å². The van der Waals surface area contributed by atoms with Crippen molar-refractivity contribution in [3.05, 3.63) is 138 Å². The zero-order valence-corrected chi connectivity index (χ0v) is 29.7. The number of benzene rings is 5. The van der Waals surface area contributed by atoms with Crippen LogP contribution in [0.3, 0.4) is 0 Å². The lowest BCUT2D eigenvalue weighted by molar-refractivity contribution is -0.0399. The molecule has 0 saturated heterocycles. The second-order valence-corrected chi connectivity index (χ2v) is 17.6. The third kappa shape index (κ3) is 4.17. The van der Waals surface area contributed by atoms with E-state index in [1.54, 1.807) is 11.1 Å². The van der Waals surface area contributed by atoms with Crippen molar-refractivity contribution in [2.24, 2.45) is 23.7 Å². The van der Waals surface area contributed by atoms with E-state index < -0.39 is 0 Å². The van der Waals surface area contributed by atoms with Crippen LogP contribution in [0.15, 0.2) is 115 Å². The van der Waals surface area contributed by atoms with Crippen molar-refractivity contribution in [3.63, 3.8) is 0 Å². The summed E-state index contributed by atoms with van der Waals surface area (Å²) in [6, 6.07) is 44.5. The van der Waals surface area contributed by atoms with Gasteiger partial charge in [0.2, 0.25) is 0 Å². The molecule has 0 atom stereocenters. The zero-order chi connectivity index (χ0) is 33.1. The van der Waals surface area contributed by atoms with Crippen LogP contribution in [0.2, 0.25) is 0 Å². The van der Waals surface area contributed by atoms with E-state index in [-0.39, 0.29) is 16.2 Å². The fourth-order valence-corrected chi connectivity index (χ4v) is 12.1. The van der Waals surface area contributed by atoms with Gasteiger partial charge in [-0.2, -0.15) is 0 Å². The minimum atomic E-state index is 0.155. The van der Waals surface area contributed by atoms with Crippen molar-refractivity contribution >= 4 is 17.1 Å². The Morgan fingerprint density at radius 3 is 1.80 bits per heavy atom. The Labute approximate surface area is 293 Å². The highest BCUT2D eigenvalue weighted by atomic mass is 15.1. The summed E-state index contributed by atoms with van der Waals surface area (Å²) >= 11 is 0. The van der Waals surface area contributed by atoms with Gasteiger partial charge < -0.3 is 4.90 Å². The predicted octanol–water partition coefficient (Wildman–Crippen LogP) is 12.9. The van der Waals surface area contributed by atoms with Crippen LogP contribution >= 0.6 is 0 Å². The van der Waals surface area contributed by atoms with Crippen LogP contribution in [0, 0.1) is 23.7 Å². The van der Waals surface area contributed by atoms with E-state index in [1.807, 2.05) is 0 Å². The van der Waals surface area contributed by atoms with E-state index in [9.17, 15) is 0 Å². The highest BCUT2D eigenvalue weighted by molar-refractivity contribution is 5.95. The molecule has 1 heteroatoms. The average molecular weight is 640 g/mol. The summed E-state index contributed by atoms with van der Waals surface area (Å²) in [5.74, 6) is 3.41. The molecule has 4 fully saturated rings. The summed E-state index contributed by atoms with van der Waals surface area (Å²) in [5, 5.41) is 0. The van der Waals surface area contributed by atoms with Crippen LogP contribution in [0.1, 0.15) is 94.9 Å². The van der Waals surface area contributed by atoms with E-state index >= 15 is 0 Å². The Bertz CT molecular complexity index is 2050. The lowest BCUT2D eigenvalue weighted by Gasteiger charge is -2.61. The number of fused-ring (bicyclic) bond motifs is 4. The second-order valence-electron chi connectivity index (χ2n) is 17.6. The maximum absolute atomic E-state index is 2.54. The fourth-order valence-electron chi connectivity index (χ4n) is 12.1. The lowest BCUT2D eigenvalue weighted by atomic mass is 9.43. The van der Waals surface area contributed by atoms with Crippen molar-refractivity contribution < 1.29 is 0 Å². The van der Waals surface area contributed by atoms with Crippen molar-refractivity contribution in [1.29, 1.82) is 0 Å². The normalized spacial score (nSPS) is 27.8. The SMILES string of the molecule is CC1(C)CCC(C)(C)c2c(-c3ccc(N(c4ccccc4)c4cccc5c4-c4ccccc4C54C5CC6CC(C5)CC4C6)cc3)cccc21. The Kier molecular flexibility index (Phi) is 6.36. The average Bonchev–Trinajstić information content (AvgIpc) is 3.41. The standard InChI is InChI=1S/C48H49N/c1-46(2)24-25-47(3,4)45-38(15-10-18-42(45)46)33-20-22-37(23-21-33)49(36-12-6-5-7-13-36)43-19-11-17-41-44(43)39-14-8-9-16-40(39)48(41)34-27-31-26-32(29-34)30-35(48)28-31/h5-23,31-32,34-35H,24-30H2,1-4H3. The van der Waals surface area contributed by atoms with Gasteiger partial charge in [-0.3, -0.25) is 0 Å². The summed E-state index contributed by atoms with van der Waals surface area (Å²) in [4.78, 5) is 2.54. The van der Waals surface area contributed by atoms with E-state index in [2.05, 4.69) is 148 Å². The van der Waals surface area contributed by atoms with Crippen molar-refractivity contribution in [3.8, 4) is 22.3 Å². The summed E-state index contributed by atoms with van der Waals surface area (Å²) in [6.07, 6.45) is 9.57. The number of hydrogen-bond acceptors (Lipinski definition) is 1. The highest BCUT2D eigenvalue weighted by Gasteiger charge is 2.61. The summed E-state index contributed by atoms with van der Waals surface area (Å²) in [5.41, 5.74) is 16.2. The minimum Gasteiger partial charge on any atom is -0.310 e. The molecule has 11 rings (SSSR count). The molecule has 0 aliphatic heterocycles. The monoisotopic (exact) mass is 639 g/mol. The molecule has 6 aliphatic rings. The van der Waals surface area contributed by atoms with Gasteiger partial charge >= 0.3 is 0 Å². The molecule has 0 radical (unpaired) electrons. The lowest BCUT2D eigenvalue weighted by Crippen LogP contribution is -2.55.